The van der Waals surface area contributed by atoms with Crippen molar-refractivity contribution in [1.29, 1.82) is 0 Å². The highest BCUT2D eigenvalue weighted by atomic mass is 19.2. The minimum absolute atomic E-state index is 0.145. The third kappa shape index (κ3) is 4.77. The molecule has 33 heavy (non-hydrogen) atoms. The topological polar surface area (TPSA) is 18.5 Å². The average Bonchev–Trinajstić information content (AvgIpc) is 2.85. The molecule has 166 valence electrons. The largest absolute Gasteiger partial charge is 0.497 e. The summed E-state index contributed by atoms with van der Waals surface area (Å²) in [5.74, 6) is -1.42. The van der Waals surface area contributed by atoms with Gasteiger partial charge in [0.15, 0.2) is 23.2 Å². The standard InChI is InChI=1S/C28H21F3O2/c1-32-23-13-9-20(10-14-23)24-15-11-21(27(30)28(24)31)8-5-18-3-6-19(7-4-18)22-12-16-26(33-2)25(29)17-22/h3-17H,1-2H3/b8-5+. The van der Waals surface area contributed by atoms with Crippen molar-refractivity contribution < 1.29 is 22.6 Å². The molecule has 4 rings (SSSR count). The summed E-state index contributed by atoms with van der Waals surface area (Å²) in [6.45, 7) is 0. The van der Waals surface area contributed by atoms with E-state index < -0.39 is 17.5 Å². The summed E-state index contributed by atoms with van der Waals surface area (Å²) in [4.78, 5) is 0. The van der Waals surface area contributed by atoms with Crippen LogP contribution in [0.2, 0.25) is 0 Å². The van der Waals surface area contributed by atoms with Gasteiger partial charge >= 0.3 is 0 Å². The van der Waals surface area contributed by atoms with E-state index in [4.69, 9.17) is 9.47 Å². The molecule has 0 heterocycles. The third-order valence-electron chi connectivity index (χ3n) is 5.36. The van der Waals surface area contributed by atoms with Crippen LogP contribution in [0.5, 0.6) is 11.5 Å². The lowest BCUT2D eigenvalue weighted by Crippen LogP contribution is -1.93. The van der Waals surface area contributed by atoms with Crippen molar-refractivity contribution in [2.45, 2.75) is 0 Å². The Morgan fingerprint density at radius 2 is 1.27 bits per heavy atom. The fraction of sp³-hybridized carbons (Fsp3) is 0.0714. The zero-order chi connectivity index (χ0) is 23.4. The molecule has 4 aromatic rings. The molecular weight excluding hydrogens is 425 g/mol. The van der Waals surface area contributed by atoms with Crippen LogP contribution in [0.3, 0.4) is 0 Å². The number of hydrogen-bond acceptors (Lipinski definition) is 2. The van der Waals surface area contributed by atoms with E-state index in [1.165, 1.54) is 19.3 Å². The molecule has 0 aliphatic heterocycles. The SMILES string of the molecule is COc1ccc(-c2ccc(/C=C/c3ccc(-c4ccc(OC)c(F)c4)cc3)c(F)c2F)cc1. The van der Waals surface area contributed by atoms with Gasteiger partial charge in [0.1, 0.15) is 5.75 Å². The van der Waals surface area contributed by atoms with E-state index in [0.717, 1.165) is 11.1 Å². The van der Waals surface area contributed by atoms with Crippen LogP contribution in [0.1, 0.15) is 11.1 Å². The minimum Gasteiger partial charge on any atom is -0.497 e. The molecule has 0 amide bonds. The van der Waals surface area contributed by atoms with Crippen molar-refractivity contribution in [1.82, 2.24) is 0 Å². The fourth-order valence-corrected chi connectivity index (χ4v) is 3.51. The summed E-state index contributed by atoms with van der Waals surface area (Å²) in [6, 6.07) is 22.0. The zero-order valence-electron chi connectivity index (χ0n) is 18.1. The smallest absolute Gasteiger partial charge is 0.167 e. The maximum absolute atomic E-state index is 14.7. The summed E-state index contributed by atoms with van der Waals surface area (Å²) >= 11 is 0. The van der Waals surface area contributed by atoms with Gasteiger partial charge in [0.05, 0.1) is 14.2 Å². The lowest BCUT2D eigenvalue weighted by molar-refractivity contribution is 0.386. The number of methoxy groups -OCH3 is 2. The molecule has 4 aromatic carbocycles. The number of rotatable bonds is 6. The van der Waals surface area contributed by atoms with Crippen LogP contribution < -0.4 is 9.47 Å². The maximum Gasteiger partial charge on any atom is 0.167 e. The highest BCUT2D eigenvalue weighted by Crippen LogP contribution is 2.29. The Bertz CT molecular complexity index is 1290. The van der Waals surface area contributed by atoms with E-state index >= 15 is 0 Å². The van der Waals surface area contributed by atoms with Gasteiger partial charge in [-0.15, -0.1) is 0 Å². The van der Waals surface area contributed by atoms with E-state index in [1.807, 2.05) is 24.3 Å². The molecule has 0 fully saturated rings. The fourth-order valence-electron chi connectivity index (χ4n) is 3.51. The molecule has 0 radical (unpaired) electrons. The lowest BCUT2D eigenvalue weighted by atomic mass is 10.0. The molecule has 2 nitrogen and oxygen atoms in total. The van der Waals surface area contributed by atoms with Crippen LogP contribution in [-0.4, -0.2) is 14.2 Å². The van der Waals surface area contributed by atoms with Crippen molar-refractivity contribution >= 4 is 12.2 Å². The summed E-state index contributed by atoms with van der Waals surface area (Å²) in [6.07, 6.45) is 3.22. The summed E-state index contributed by atoms with van der Waals surface area (Å²) in [5.41, 5.74) is 3.23. The average molecular weight is 446 g/mol. The molecule has 0 aliphatic rings. The van der Waals surface area contributed by atoms with E-state index in [0.29, 0.717) is 16.9 Å². The molecule has 0 aliphatic carbocycles. The van der Waals surface area contributed by atoms with Crippen molar-refractivity contribution in [3.05, 3.63) is 107 Å². The normalized spacial score (nSPS) is 11.1. The molecule has 0 unspecified atom stereocenters. The Labute approximate surface area is 190 Å². The summed E-state index contributed by atoms with van der Waals surface area (Å²) in [5, 5.41) is 0. The van der Waals surface area contributed by atoms with Gasteiger partial charge in [0, 0.05) is 11.1 Å². The highest BCUT2D eigenvalue weighted by Gasteiger charge is 2.13. The number of halogens is 3. The Kier molecular flexibility index (Phi) is 6.50. The van der Waals surface area contributed by atoms with E-state index in [1.54, 1.807) is 61.7 Å². The number of benzene rings is 4. The maximum atomic E-state index is 14.7. The molecule has 0 spiro atoms. The van der Waals surface area contributed by atoms with Crippen molar-refractivity contribution in [3.63, 3.8) is 0 Å². The second-order valence-electron chi connectivity index (χ2n) is 7.36. The molecular formula is C28H21F3O2. The third-order valence-corrected chi connectivity index (χ3v) is 5.36. The first-order chi connectivity index (χ1) is 16.0. The van der Waals surface area contributed by atoms with E-state index in [9.17, 15) is 13.2 Å². The highest BCUT2D eigenvalue weighted by molar-refractivity contribution is 5.74. The predicted octanol–water partition coefficient (Wildman–Crippen LogP) is 7.63. The zero-order valence-corrected chi connectivity index (χ0v) is 18.1. The van der Waals surface area contributed by atoms with Gasteiger partial charge in [-0.05, 0) is 46.5 Å². The van der Waals surface area contributed by atoms with Gasteiger partial charge in [-0.3, -0.25) is 0 Å². The van der Waals surface area contributed by atoms with Crippen molar-refractivity contribution in [2.75, 3.05) is 14.2 Å². The molecule has 0 saturated heterocycles. The molecule has 0 aromatic heterocycles. The van der Waals surface area contributed by atoms with Gasteiger partial charge in [-0.1, -0.05) is 66.7 Å². The van der Waals surface area contributed by atoms with Gasteiger partial charge < -0.3 is 9.47 Å². The van der Waals surface area contributed by atoms with E-state index in [-0.39, 0.29) is 16.9 Å². The Morgan fingerprint density at radius 3 is 1.91 bits per heavy atom. The quantitative estimate of drug-likeness (QED) is 0.284. The first kappa shape index (κ1) is 22.2. The molecule has 0 atom stereocenters. The van der Waals surface area contributed by atoms with Gasteiger partial charge in [0.25, 0.3) is 0 Å². The van der Waals surface area contributed by atoms with Crippen LogP contribution in [0.15, 0.2) is 78.9 Å². The minimum atomic E-state index is -0.912. The van der Waals surface area contributed by atoms with Gasteiger partial charge in [-0.25, -0.2) is 13.2 Å². The van der Waals surface area contributed by atoms with Gasteiger partial charge in [0.2, 0.25) is 0 Å². The molecule has 0 bridgehead atoms. The number of hydrogen-bond donors (Lipinski definition) is 0. The summed E-state index contributed by atoms with van der Waals surface area (Å²) in [7, 11) is 2.96. The van der Waals surface area contributed by atoms with Crippen LogP contribution in [0.4, 0.5) is 13.2 Å². The molecule has 5 heteroatoms. The van der Waals surface area contributed by atoms with Crippen molar-refractivity contribution in [2.24, 2.45) is 0 Å². The van der Waals surface area contributed by atoms with Crippen LogP contribution in [-0.2, 0) is 0 Å². The molecule has 0 N–H and O–H groups in total. The molecule has 0 saturated carbocycles. The number of ether oxygens (including phenoxy) is 2. The summed E-state index contributed by atoms with van der Waals surface area (Å²) < 4.78 is 53.4. The monoisotopic (exact) mass is 446 g/mol. The van der Waals surface area contributed by atoms with Crippen molar-refractivity contribution in [3.8, 4) is 33.8 Å². The lowest BCUT2D eigenvalue weighted by Gasteiger charge is -2.08. The first-order valence-corrected chi connectivity index (χ1v) is 10.2. The predicted molar refractivity (Wildman–Crippen MR) is 126 cm³/mol. The van der Waals surface area contributed by atoms with Crippen LogP contribution >= 0.6 is 0 Å². The Hall–Kier alpha value is -3.99. The van der Waals surface area contributed by atoms with Crippen LogP contribution in [0.25, 0.3) is 34.4 Å². The van der Waals surface area contributed by atoms with Crippen LogP contribution in [0, 0.1) is 17.5 Å². The first-order valence-electron chi connectivity index (χ1n) is 10.2. The van der Waals surface area contributed by atoms with E-state index in [2.05, 4.69) is 0 Å². The second kappa shape index (κ2) is 9.65. The van der Waals surface area contributed by atoms with Gasteiger partial charge in [-0.2, -0.15) is 0 Å². The second-order valence-corrected chi connectivity index (χ2v) is 7.36. The Balaban J connectivity index is 1.54. The Morgan fingerprint density at radius 1 is 0.606 bits per heavy atom.